The molecular weight excluding hydrogens is 326 g/mol. The summed E-state index contributed by atoms with van der Waals surface area (Å²) in [6, 6.07) is 10.2. The van der Waals surface area contributed by atoms with Crippen LogP contribution in [0.5, 0.6) is 0 Å². The van der Waals surface area contributed by atoms with E-state index in [-0.39, 0.29) is 24.2 Å². The average Bonchev–Trinajstić information content (AvgIpc) is 3.28. The lowest BCUT2D eigenvalue weighted by molar-refractivity contribution is -0.126. The van der Waals surface area contributed by atoms with Gasteiger partial charge in [0, 0.05) is 37.6 Å². The van der Waals surface area contributed by atoms with Crippen LogP contribution in [0.2, 0.25) is 0 Å². The van der Waals surface area contributed by atoms with Gasteiger partial charge < -0.3 is 10.2 Å². The number of hydrogen-bond donors (Lipinski definition) is 1. The molecule has 4 rings (SSSR count). The van der Waals surface area contributed by atoms with Crippen LogP contribution < -0.4 is 10.2 Å². The topological polar surface area (TPSA) is 62.3 Å². The van der Waals surface area contributed by atoms with Crippen molar-refractivity contribution >= 4 is 17.5 Å². The molecule has 2 aliphatic rings. The molecule has 0 bridgehead atoms. The first-order valence-electron chi connectivity index (χ1n) is 9.29. The number of benzene rings is 1. The van der Waals surface area contributed by atoms with Gasteiger partial charge in [-0.1, -0.05) is 12.1 Å². The number of nitrogens with zero attached hydrogens (tertiary/aromatic N) is 2. The van der Waals surface area contributed by atoms with Crippen LogP contribution in [0.1, 0.15) is 29.5 Å². The molecule has 0 radical (unpaired) electrons. The van der Waals surface area contributed by atoms with Crippen molar-refractivity contribution in [2.24, 2.45) is 5.92 Å². The molecule has 5 nitrogen and oxygen atoms in total. The van der Waals surface area contributed by atoms with Crippen molar-refractivity contribution in [3.05, 3.63) is 59.4 Å². The number of amides is 2. The van der Waals surface area contributed by atoms with Crippen LogP contribution in [0.25, 0.3) is 0 Å². The van der Waals surface area contributed by atoms with Gasteiger partial charge in [-0.3, -0.25) is 14.6 Å². The maximum absolute atomic E-state index is 12.4. The molecule has 26 heavy (non-hydrogen) atoms. The number of nitrogens with one attached hydrogen (secondary N) is 1. The summed E-state index contributed by atoms with van der Waals surface area (Å²) in [6.07, 6.45) is 7.98. The molecule has 1 aliphatic carbocycles. The molecule has 2 heterocycles. The lowest BCUT2D eigenvalue weighted by atomic mass is 10.1. The lowest BCUT2D eigenvalue weighted by Gasteiger charge is -2.18. The Kier molecular flexibility index (Phi) is 4.69. The van der Waals surface area contributed by atoms with Crippen LogP contribution in [0.15, 0.2) is 42.7 Å². The number of hydrogen-bond acceptors (Lipinski definition) is 3. The van der Waals surface area contributed by atoms with Crippen molar-refractivity contribution in [3.63, 3.8) is 0 Å². The highest BCUT2D eigenvalue weighted by Gasteiger charge is 2.35. The molecule has 1 aromatic heterocycles. The summed E-state index contributed by atoms with van der Waals surface area (Å²) in [5, 5.41) is 2.96. The molecule has 0 saturated carbocycles. The molecule has 2 aromatic rings. The summed E-state index contributed by atoms with van der Waals surface area (Å²) >= 11 is 0. The summed E-state index contributed by atoms with van der Waals surface area (Å²) < 4.78 is 0. The average molecular weight is 349 g/mol. The van der Waals surface area contributed by atoms with Gasteiger partial charge in [0.15, 0.2) is 0 Å². The maximum atomic E-state index is 12.4. The normalized spacial score (nSPS) is 18.8. The quantitative estimate of drug-likeness (QED) is 0.901. The van der Waals surface area contributed by atoms with Crippen molar-refractivity contribution in [2.45, 2.75) is 32.1 Å². The van der Waals surface area contributed by atoms with Gasteiger partial charge in [0.05, 0.1) is 5.92 Å². The number of fused-ring (bicyclic) bond motifs is 1. The van der Waals surface area contributed by atoms with Gasteiger partial charge in [-0.25, -0.2) is 0 Å². The number of carbonyl (C=O) groups is 2. The van der Waals surface area contributed by atoms with Crippen LogP contribution in [-0.2, 0) is 28.9 Å². The minimum atomic E-state index is -0.273. The van der Waals surface area contributed by atoms with Gasteiger partial charge in [-0.05, 0) is 60.6 Å². The van der Waals surface area contributed by atoms with Crippen LogP contribution in [0.4, 0.5) is 5.69 Å². The molecule has 1 N–H and O–H groups in total. The molecule has 1 unspecified atom stereocenters. The molecule has 134 valence electrons. The Balaban J connectivity index is 1.34. The fourth-order valence-electron chi connectivity index (χ4n) is 3.88. The van der Waals surface area contributed by atoms with Gasteiger partial charge in [0.25, 0.3) is 0 Å². The van der Waals surface area contributed by atoms with E-state index < -0.39 is 0 Å². The highest BCUT2D eigenvalue weighted by atomic mass is 16.2. The van der Waals surface area contributed by atoms with E-state index in [9.17, 15) is 9.59 Å². The van der Waals surface area contributed by atoms with E-state index in [4.69, 9.17) is 0 Å². The van der Waals surface area contributed by atoms with E-state index in [1.807, 2.05) is 18.2 Å². The third-order valence-electron chi connectivity index (χ3n) is 5.33. The summed E-state index contributed by atoms with van der Waals surface area (Å²) in [5.41, 5.74) is 4.76. The van der Waals surface area contributed by atoms with E-state index in [0.29, 0.717) is 13.1 Å². The van der Waals surface area contributed by atoms with E-state index >= 15 is 0 Å². The zero-order valence-electron chi connectivity index (χ0n) is 14.8. The van der Waals surface area contributed by atoms with E-state index in [2.05, 4.69) is 22.4 Å². The van der Waals surface area contributed by atoms with Gasteiger partial charge in [-0.15, -0.1) is 0 Å². The molecule has 0 spiro atoms. The van der Waals surface area contributed by atoms with E-state index in [0.717, 1.165) is 30.5 Å². The van der Waals surface area contributed by atoms with Gasteiger partial charge in [0.1, 0.15) is 0 Å². The van der Waals surface area contributed by atoms with Crippen molar-refractivity contribution in [1.82, 2.24) is 10.3 Å². The predicted molar refractivity (Wildman–Crippen MR) is 99.9 cm³/mol. The second-order valence-electron chi connectivity index (χ2n) is 7.11. The third-order valence-corrected chi connectivity index (χ3v) is 5.33. The Morgan fingerprint density at radius 3 is 2.96 bits per heavy atom. The maximum Gasteiger partial charge on any atom is 0.227 e. The second kappa shape index (κ2) is 7.28. The van der Waals surface area contributed by atoms with Crippen LogP contribution in [-0.4, -0.2) is 29.9 Å². The van der Waals surface area contributed by atoms with Crippen LogP contribution in [0, 0.1) is 5.92 Å². The Morgan fingerprint density at radius 1 is 1.23 bits per heavy atom. The van der Waals surface area contributed by atoms with Crippen molar-refractivity contribution in [1.29, 1.82) is 0 Å². The molecule has 1 atom stereocenters. The van der Waals surface area contributed by atoms with Crippen molar-refractivity contribution in [2.75, 3.05) is 18.0 Å². The summed E-state index contributed by atoms with van der Waals surface area (Å²) in [4.78, 5) is 30.7. The van der Waals surface area contributed by atoms with Gasteiger partial charge in [-0.2, -0.15) is 0 Å². The number of rotatable bonds is 5. The van der Waals surface area contributed by atoms with Gasteiger partial charge >= 0.3 is 0 Å². The molecule has 1 saturated heterocycles. The minimum Gasteiger partial charge on any atom is -0.355 e. The first kappa shape index (κ1) is 16.8. The van der Waals surface area contributed by atoms with Crippen LogP contribution >= 0.6 is 0 Å². The van der Waals surface area contributed by atoms with Crippen molar-refractivity contribution < 1.29 is 9.59 Å². The number of aromatic nitrogens is 1. The zero-order chi connectivity index (χ0) is 17.9. The highest BCUT2D eigenvalue weighted by molar-refractivity contribution is 6.00. The second-order valence-corrected chi connectivity index (χ2v) is 7.11. The minimum absolute atomic E-state index is 0.0362. The molecule has 2 amide bonds. The SMILES string of the molecule is O=C(NCCc1cccnc1)C1CC(=O)N(c2ccc3c(c2)CCC3)C1. The smallest absolute Gasteiger partial charge is 0.227 e. The number of pyridine rings is 1. The van der Waals surface area contributed by atoms with Gasteiger partial charge in [0.2, 0.25) is 11.8 Å². The third kappa shape index (κ3) is 3.47. The predicted octanol–water partition coefficient (Wildman–Crippen LogP) is 2.28. The van der Waals surface area contributed by atoms with Crippen molar-refractivity contribution in [3.8, 4) is 0 Å². The monoisotopic (exact) mass is 349 g/mol. The summed E-state index contributed by atoms with van der Waals surface area (Å²) in [5.74, 6) is -0.272. The first-order valence-corrected chi connectivity index (χ1v) is 9.29. The molecule has 1 aromatic carbocycles. The molecule has 5 heteroatoms. The largest absolute Gasteiger partial charge is 0.355 e. The Hall–Kier alpha value is -2.69. The van der Waals surface area contributed by atoms with E-state index in [1.54, 1.807) is 17.3 Å². The molecule has 1 aliphatic heterocycles. The Morgan fingerprint density at radius 2 is 2.12 bits per heavy atom. The standard InChI is InChI=1S/C21H23N3O2/c25-20-12-18(21(26)23-10-8-15-3-2-9-22-13-15)14-24(20)19-7-6-16-4-1-5-17(16)11-19/h2-3,6-7,9,11,13,18H,1,4-5,8,10,12,14H2,(H,23,26). The molecular formula is C21H23N3O2. The lowest BCUT2D eigenvalue weighted by Crippen LogP contribution is -2.34. The zero-order valence-corrected chi connectivity index (χ0v) is 14.8. The number of anilines is 1. The Bertz CT molecular complexity index is 819. The fraction of sp³-hybridized carbons (Fsp3) is 0.381. The van der Waals surface area contributed by atoms with E-state index in [1.165, 1.54) is 17.5 Å². The highest BCUT2D eigenvalue weighted by Crippen LogP contribution is 2.30. The fourth-order valence-corrected chi connectivity index (χ4v) is 3.88. The summed E-state index contributed by atoms with van der Waals surface area (Å²) in [6.45, 7) is 1.03. The first-order chi connectivity index (χ1) is 12.7. The number of aryl methyl sites for hydroxylation is 2. The number of carbonyl (C=O) groups excluding carboxylic acids is 2. The molecule has 1 fully saturated rings. The summed E-state index contributed by atoms with van der Waals surface area (Å²) in [7, 11) is 0. The van der Waals surface area contributed by atoms with Crippen LogP contribution in [0.3, 0.4) is 0 Å². The Labute approximate surface area is 153 Å².